The Hall–Kier alpha value is -4.55. The van der Waals surface area contributed by atoms with E-state index >= 15 is 0 Å². The molecule has 0 amide bonds. The molecule has 0 aliphatic carbocycles. The maximum atomic E-state index is 13.8. The molecule has 0 bridgehead atoms. The van der Waals surface area contributed by atoms with E-state index < -0.39 is 21.8 Å². The summed E-state index contributed by atoms with van der Waals surface area (Å²) in [5, 5.41) is 14.8. The van der Waals surface area contributed by atoms with Crippen LogP contribution in [0.3, 0.4) is 0 Å². The average Bonchev–Trinajstić information content (AvgIpc) is 3.45. The Balaban J connectivity index is 0.000000913. The van der Waals surface area contributed by atoms with E-state index in [4.69, 9.17) is 34.0 Å². The first-order chi connectivity index (χ1) is 22.2. The number of fused-ring (bicyclic) bond motifs is 1. The summed E-state index contributed by atoms with van der Waals surface area (Å²) in [6, 6.07) is 14.9. The summed E-state index contributed by atoms with van der Waals surface area (Å²) < 4.78 is 46.4. The molecular formula is C35H44N2O9S. The molecular weight excluding hydrogens is 624 g/mol. The highest BCUT2D eigenvalue weighted by molar-refractivity contribution is 7.91. The molecule has 0 aliphatic rings. The van der Waals surface area contributed by atoms with Gasteiger partial charge in [0.1, 0.15) is 10.6 Å². The fraction of sp³-hybridized carbons (Fsp3) is 0.371. The third-order valence-corrected chi connectivity index (χ3v) is 9.51. The van der Waals surface area contributed by atoms with Crippen LogP contribution in [-0.4, -0.2) is 80.8 Å². The molecule has 0 fully saturated rings. The van der Waals surface area contributed by atoms with Crippen LogP contribution in [0.1, 0.15) is 48.4 Å². The number of ether oxygens (including phenoxy) is 3. The van der Waals surface area contributed by atoms with Gasteiger partial charge < -0.3 is 33.7 Å². The minimum atomic E-state index is -3.71. The van der Waals surface area contributed by atoms with Crippen LogP contribution in [0, 0.1) is 13.8 Å². The summed E-state index contributed by atoms with van der Waals surface area (Å²) >= 11 is 0. The SMILES string of the molecule is COc1cc(CCN(C)CCCOc2ccc(S(=O)(=O)c3c(C(C)C)cn4cccc(C)c34)cc2)cc(C)c1OC.O=C(O)C(=O)O. The zero-order valence-electron chi connectivity index (χ0n) is 27.9. The van der Waals surface area contributed by atoms with Crippen molar-refractivity contribution in [2.24, 2.45) is 0 Å². The first kappa shape index (κ1) is 36.9. The van der Waals surface area contributed by atoms with Crippen LogP contribution in [0.25, 0.3) is 5.52 Å². The molecule has 254 valence electrons. The van der Waals surface area contributed by atoms with Crippen LogP contribution in [0.5, 0.6) is 17.2 Å². The summed E-state index contributed by atoms with van der Waals surface area (Å²) in [5.74, 6) is -1.38. The number of carboxylic acids is 2. The molecule has 0 aliphatic heterocycles. The molecule has 12 heteroatoms. The van der Waals surface area contributed by atoms with Gasteiger partial charge in [0, 0.05) is 25.5 Å². The number of nitrogens with zero attached hydrogens (tertiary/aromatic N) is 2. The van der Waals surface area contributed by atoms with E-state index in [1.165, 1.54) is 5.56 Å². The van der Waals surface area contributed by atoms with Crippen molar-refractivity contribution in [1.29, 1.82) is 0 Å². The number of carbonyl (C=O) groups is 2. The Morgan fingerprint density at radius 2 is 1.60 bits per heavy atom. The zero-order chi connectivity index (χ0) is 34.9. The van der Waals surface area contributed by atoms with Crippen molar-refractivity contribution in [2.75, 3.05) is 41.0 Å². The minimum Gasteiger partial charge on any atom is -0.494 e. The number of pyridine rings is 1. The monoisotopic (exact) mass is 668 g/mol. The maximum absolute atomic E-state index is 13.8. The molecule has 2 aromatic carbocycles. The third kappa shape index (κ3) is 9.26. The van der Waals surface area contributed by atoms with Crippen molar-refractivity contribution in [3.8, 4) is 17.2 Å². The van der Waals surface area contributed by atoms with Crippen LogP contribution < -0.4 is 14.2 Å². The molecule has 0 spiro atoms. The quantitative estimate of drug-likeness (QED) is 0.136. The first-order valence-corrected chi connectivity index (χ1v) is 16.6. The zero-order valence-corrected chi connectivity index (χ0v) is 28.8. The topological polar surface area (TPSA) is 144 Å². The van der Waals surface area contributed by atoms with E-state index in [0.29, 0.717) is 17.3 Å². The Morgan fingerprint density at radius 3 is 2.17 bits per heavy atom. The number of aromatic nitrogens is 1. The molecule has 0 radical (unpaired) electrons. The standard InChI is InChI=1S/C33H42N2O5S.C2H2O4/c1-23(2)29-22-35-17-8-10-24(3)31(35)33(29)41(36,37)28-13-11-27(12-14-28)40-19-9-16-34(5)18-15-26-20-25(4)32(39-7)30(21-26)38-6;3-1(4)2(5)6/h8,10-14,17,20-23H,9,15-16,18-19H2,1-7H3;(H,3,4)(H,5,6). The molecule has 2 N–H and O–H groups in total. The van der Waals surface area contributed by atoms with E-state index in [1.54, 1.807) is 38.5 Å². The molecule has 0 saturated carbocycles. The van der Waals surface area contributed by atoms with Gasteiger partial charge in [-0.15, -0.1) is 0 Å². The second-order valence-corrected chi connectivity index (χ2v) is 13.4. The Kier molecular flexibility index (Phi) is 12.8. The number of benzene rings is 2. The van der Waals surface area contributed by atoms with Crippen LogP contribution in [0.15, 0.2) is 70.7 Å². The van der Waals surface area contributed by atoms with Gasteiger partial charge in [-0.25, -0.2) is 18.0 Å². The fourth-order valence-electron chi connectivity index (χ4n) is 5.24. The lowest BCUT2D eigenvalue weighted by molar-refractivity contribution is -0.159. The summed E-state index contributed by atoms with van der Waals surface area (Å²) in [4.78, 5) is 21.1. The Bertz CT molecular complexity index is 1780. The highest BCUT2D eigenvalue weighted by Gasteiger charge is 2.28. The normalized spacial score (nSPS) is 11.3. The number of aryl methyl sites for hydroxylation is 2. The number of sulfone groups is 1. The second kappa shape index (κ2) is 16.3. The Morgan fingerprint density at radius 1 is 0.936 bits per heavy atom. The van der Waals surface area contributed by atoms with Gasteiger partial charge in [-0.2, -0.15) is 0 Å². The predicted octanol–water partition coefficient (Wildman–Crippen LogP) is 5.63. The molecule has 0 unspecified atom stereocenters. The maximum Gasteiger partial charge on any atom is 0.414 e. The smallest absolute Gasteiger partial charge is 0.414 e. The van der Waals surface area contributed by atoms with Crippen molar-refractivity contribution in [2.45, 2.75) is 56.2 Å². The Labute approximate surface area is 276 Å². The van der Waals surface area contributed by atoms with E-state index in [1.807, 2.05) is 62.7 Å². The van der Waals surface area contributed by atoms with Crippen LogP contribution in [0.2, 0.25) is 0 Å². The van der Waals surface area contributed by atoms with Gasteiger partial charge in [0.05, 0.1) is 31.2 Å². The third-order valence-electron chi connectivity index (χ3n) is 7.65. The van der Waals surface area contributed by atoms with Gasteiger partial charge in [0.15, 0.2) is 11.5 Å². The lowest BCUT2D eigenvalue weighted by Crippen LogP contribution is -2.23. The largest absolute Gasteiger partial charge is 0.494 e. The minimum absolute atomic E-state index is 0.0722. The number of likely N-dealkylation sites (N-methyl/N-ethyl adjacent to an activating group) is 1. The summed E-state index contributed by atoms with van der Waals surface area (Å²) in [5.41, 5.74) is 4.77. The molecule has 2 aromatic heterocycles. The fourth-order valence-corrected chi connectivity index (χ4v) is 7.09. The van der Waals surface area contributed by atoms with Crippen molar-refractivity contribution < 1.29 is 42.4 Å². The first-order valence-electron chi connectivity index (χ1n) is 15.2. The summed E-state index contributed by atoms with van der Waals surface area (Å²) in [6.45, 7) is 10.4. The number of hydrogen-bond donors (Lipinski definition) is 2. The lowest BCUT2D eigenvalue weighted by Gasteiger charge is -2.18. The van der Waals surface area contributed by atoms with Gasteiger partial charge >= 0.3 is 11.9 Å². The number of methoxy groups -OCH3 is 2. The van der Waals surface area contributed by atoms with Crippen LogP contribution in [0.4, 0.5) is 0 Å². The van der Waals surface area contributed by atoms with Crippen molar-refractivity contribution in [3.05, 3.63) is 83.2 Å². The highest BCUT2D eigenvalue weighted by atomic mass is 32.2. The van der Waals surface area contributed by atoms with Gasteiger partial charge in [-0.05, 0) is 98.3 Å². The average molecular weight is 669 g/mol. The number of aliphatic carboxylic acids is 2. The summed E-state index contributed by atoms with van der Waals surface area (Å²) in [7, 11) is 1.71. The molecule has 11 nitrogen and oxygen atoms in total. The molecule has 0 saturated heterocycles. The van der Waals surface area contributed by atoms with E-state index in [2.05, 4.69) is 18.0 Å². The number of rotatable bonds is 13. The molecule has 4 rings (SSSR count). The van der Waals surface area contributed by atoms with Gasteiger partial charge in [-0.1, -0.05) is 26.0 Å². The molecule has 47 heavy (non-hydrogen) atoms. The number of carboxylic acid groups (broad SMARTS) is 2. The van der Waals surface area contributed by atoms with Crippen LogP contribution >= 0.6 is 0 Å². The van der Waals surface area contributed by atoms with Crippen molar-refractivity contribution in [3.63, 3.8) is 0 Å². The van der Waals surface area contributed by atoms with Crippen molar-refractivity contribution >= 4 is 27.3 Å². The molecule has 0 atom stereocenters. The van der Waals surface area contributed by atoms with Gasteiger partial charge in [0.2, 0.25) is 9.84 Å². The molecule has 2 heterocycles. The highest BCUT2D eigenvalue weighted by Crippen LogP contribution is 2.36. The second-order valence-electron chi connectivity index (χ2n) is 11.5. The van der Waals surface area contributed by atoms with E-state index in [-0.39, 0.29) is 10.8 Å². The predicted molar refractivity (Wildman–Crippen MR) is 179 cm³/mol. The lowest BCUT2D eigenvalue weighted by atomic mass is 10.1. The van der Waals surface area contributed by atoms with E-state index in [0.717, 1.165) is 59.6 Å². The molecule has 4 aromatic rings. The van der Waals surface area contributed by atoms with Gasteiger partial charge in [-0.3, -0.25) is 0 Å². The van der Waals surface area contributed by atoms with Gasteiger partial charge in [0.25, 0.3) is 0 Å². The van der Waals surface area contributed by atoms with Crippen molar-refractivity contribution in [1.82, 2.24) is 9.30 Å². The van der Waals surface area contributed by atoms with Crippen LogP contribution in [-0.2, 0) is 25.8 Å². The summed E-state index contributed by atoms with van der Waals surface area (Å²) in [6.07, 6.45) is 5.60. The van der Waals surface area contributed by atoms with E-state index in [9.17, 15) is 8.42 Å². The number of hydrogen-bond acceptors (Lipinski definition) is 8.